The summed E-state index contributed by atoms with van der Waals surface area (Å²) < 4.78 is 13.8. The average molecular weight is 427 g/mol. The zero-order chi connectivity index (χ0) is 21.3. The quantitative estimate of drug-likeness (QED) is 0.571. The van der Waals surface area contributed by atoms with E-state index in [1.807, 2.05) is 30.3 Å². The molecule has 8 heteroatoms. The van der Waals surface area contributed by atoms with E-state index >= 15 is 0 Å². The third kappa shape index (κ3) is 6.38. The van der Waals surface area contributed by atoms with Crippen molar-refractivity contribution in [1.82, 2.24) is 15.2 Å². The molecule has 2 N–H and O–H groups in total. The van der Waals surface area contributed by atoms with E-state index in [2.05, 4.69) is 15.6 Å². The lowest BCUT2D eigenvalue weighted by atomic mass is 10.1. The smallest absolute Gasteiger partial charge is 0.317 e. The maximum Gasteiger partial charge on any atom is 0.317 e. The van der Waals surface area contributed by atoms with Crippen LogP contribution in [0.3, 0.4) is 0 Å². The van der Waals surface area contributed by atoms with Crippen LogP contribution in [0.25, 0.3) is 0 Å². The Morgan fingerprint density at radius 1 is 1.10 bits per heavy atom. The van der Waals surface area contributed by atoms with Crippen molar-refractivity contribution in [3.8, 4) is 0 Å². The molecule has 3 aromatic rings. The van der Waals surface area contributed by atoms with Crippen LogP contribution < -0.4 is 10.6 Å². The van der Waals surface area contributed by atoms with Crippen molar-refractivity contribution >= 4 is 28.4 Å². The molecule has 0 atom stereocenters. The molecule has 6 nitrogen and oxygen atoms in total. The number of carbonyl (C=O) groups is 2. The summed E-state index contributed by atoms with van der Waals surface area (Å²) >= 11 is 1.31. The number of aromatic nitrogens is 1. The molecule has 0 fully saturated rings. The van der Waals surface area contributed by atoms with Gasteiger partial charge in [0.1, 0.15) is 5.82 Å². The molecule has 0 aliphatic rings. The van der Waals surface area contributed by atoms with Crippen molar-refractivity contribution in [3.05, 3.63) is 82.6 Å². The van der Waals surface area contributed by atoms with E-state index in [1.165, 1.54) is 17.4 Å². The summed E-state index contributed by atoms with van der Waals surface area (Å²) in [6.45, 7) is 0.708. The van der Waals surface area contributed by atoms with Crippen LogP contribution in [0.2, 0.25) is 0 Å². The molecule has 0 bridgehead atoms. The van der Waals surface area contributed by atoms with Gasteiger partial charge in [-0.25, -0.2) is 14.2 Å². The second-order valence-electron chi connectivity index (χ2n) is 6.77. The Kier molecular flexibility index (Phi) is 7.51. The van der Waals surface area contributed by atoms with Gasteiger partial charge < -0.3 is 15.5 Å². The van der Waals surface area contributed by atoms with Crippen molar-refractivity contribution in [2.45, 2.75) is 19.4 Å². The zero-order valence-corrected chi connectivity index (χ0v) is 17.4. The number of nitrogens with one attached hydrogen (secondary N) is 2. The number of nitrogens with zero attached hydrogens (tertiary/aromatic N) is 2. The predicted molar refractivity (Wildman–Crippen MR) is 116 cm³/mol. The van der Waals surface area contributed by atoms with Crippen molar-refractivity contribution in [2.24, 2.45) is 0 Å². The number of carbonyl (C=O) groups excluding carboxylic acids is 2. The van der Waals surface area contributed by atoms with Gasteiger partial charge in [0.15, 0.2) is 5.13 Å². The van der Waals surface area contributed by atoms with Gasteiger partial charge in [0.2, 0.25) is 5.91 Å². The van der Waals surface area contributed by atoms with Gasteiger partial charge >= 0.3 is 6.03 Å². The predicted octanol–water partition coefficient (Wildman–Crippen LogP) is 4.04. The topological polar surface area (TPSA) is 74.3 Å². The fraction of sp³-hybridized carbons (Fsp3) is 0.227. The first-order valence-corrected chi connectivity index (χ1v) is 10.3. The van der Waals surface area contributed by atoms with Gasteiger partial charge in [-0.15, -0.1) is 11.3 Å². The molecule has 3 rings (SSSR count). The number of urea groups is 1. The largest absolute Gasteiger partial charge is 0.337 e. The number of rotatable bonds is 8. The number of halogens is 1. The molecule has 30 heavy (non-hydrogen) atoms. The van der Waals surface area contributed by atoms with Crippen molar-refractivity contribution in [3.63, 3.8) is 0 Å². The third-order valence-electron chi connectivity index (χ3n) is 4.36. The molecule has 0 radical (unpaired) electrons. The van der Waals surface area contributed by atoms with E-state index < -0.39 is 0 Å². The van der Waals surface area contributed by atoms with Gasteiger partial charge in [0.05, 0.1) is 0 Å². The molecule has 0 saturated carbocycles. The van der Waals surface area contributed by atoms with Crippen LogP contribution in [0.5, 0.6) is 0 Å². The van der Waals surface area contributed by atoms with E-state index in [9.17, 15) is 14.0 Å². The van der Waals surface area contributed by atoms with Gasteiger partial charge in [-0.05, 0) is 17.2 Å². The van der Waals surface area contributed by atoms with Crippen LogP contribution in [-0.2, 0) is 17.8 Å². The summed E-state index contributed by atoms with van der Waals surface area (Å²) in [5.74, 6) is -0.503. The molecular formula is C22H23FN4O2S. The lowest BCUT2D eigenvalue weighted by molar-refractivity contribution is -0.116. The Balaban J connectivity index is 1.40. The van der Waals surface area contributed by atoms with Gasteiger partial charge in [-0.3, -0.25) is 4.79 Å². The van der Waals surface area contributed by atoms with E-state index in [4.69, 9.17) is 0 Å². The summed E-state index contributed by atoms with van der Waals surface area (Å²) in [7, 11) is 1.70. The second-order valence-corrected chi connectivity index (χ2v) is 7.89. The van der Waals surface area contributed by atoms with Gasteiger partial charge in [0.25, 0.3) is 0 Å². The number of hydrogen-bond donors (Lipinski definition) is 2. The Morgan fingerprint density at radius 3 is 2.60 bits per heavy atom. The van der Waals surface area contributed by atoms with E-state index in [0.29, 0.717) is 23.7 Å². The first-order chi connectivity index (χ1) is 14.5. The number of anilines is 1. The number of thiazole rings is 1. The van der Waals surface area contributed by atoms with Crippen molar-refractivity contribution in [2.75, 3.05) is 18.9 Å². The molecule has 0 spiro atoms. The SMILES string of the molecule is CN(Cc1ccccc1)C(=O)NCCC(=O)Nc1ncc(Cc2ccccc2F)s1. The molecule has 1 aromatic heterocycles. The summed E-state index contributed by atoms with van der Waals surface area (Å²) in [6.07, 6.45) is 2.18. The first-order valence-electron chi connectivity index (χ1n) is 9.52. The highest BCUT2D eigenvalue weighted by atomic mass is 32.1. The van der Waals surface area contributed by atoms with Crippen LogP contribution in [0, 0.1) is 5.82 Å². The molecule has 0 saturated heterocycles. The Bertz CT molecular complexity index is 994. The van der Waals surface area contributed by atoms with E-state index in [0.717, 1.165) is 10.4 Å². The highest BCUT2D eigenvalue weighted by Crippen LogP contribution is 2.22. The fourth-order valence-electron chi connectivity index (χ4n) is 2.81. The molecule has 0 aliphatic heterocycles. The zero-order valence-electron chi connectivity index (χ0n) is 16.6. The molecule has 2 aromatic carbocycles. The maximum atomic E-state index is 13.8. The average Bonchev–Trinajstić information content (AvgIpc) is 3.17. The van der Waals surface area contributed by atoms with Gasteiger partial charge in [-0.1, -0.05) is 48.5 Å². The molecule has 1 heterocycles. The van der Waals surface area contributed by atoms with Gasteiger partial charge in [0, 0.05) is 44.1 Å². The van der Waals surface area contributed by atoms with Crippen LogP contribution in [0.15, 0.2) is 60.8 Å². The number of hydrogen-bond acceptors (Lipinski definition) is 4. The molecule has 0 aliphatic carbocycles. The monoisotopic (exact) mass is 426 g/mol. The Hall–Kier alpha value is -3.26. The van der Waals surface area contributed by atoms with E-state index in [-0.39, 0.29) is 30.7 Å². The summed E-state index contributed by atoms with van der Waals surface area (Å²) in [5, 5.41) is 5.90. The fourth-order valence-corrected chi connectivity index (χ4v) is 3.66. The van der Waals surface area contributed by atoms with Crippen LogP contribution in [-0.4, -0.2) is 35.4 Å². The van der Waals surface area contributed by atoms with Crippen LogP contribution in [0.4, 0.5) is 14.3 Å². The molecule has 156 valence electrons. The minimum Gasteiger partial charge on any atom is -0.337 e. The Labute approximate surface area is 178 Å². The molecule has 0 unspecified atom stereocenters. The summed E-state index contributed by atoms with van der Waals surface area (Å²) in [5.41, 5.74) is 1.62. The standard InChI is InChI=1S/C22H23FN4O2S/c1-27(15-16-7-3-2-4-8-16)22(29)24-12-11-20(28)26-21-25-14-18(30-21)13-17-9-5-6-10-19(17)23/h2-10,14H,11-13,15H2,1H3,(H,24,29)(H,25,26,28). The lowest BCUT2D eigenvalue weighted by Gasteiger charge is -2.17. The highest BCUT2D eigenvalue weighted by Gasteiger charge is 2.11. The lowest BCUT2D eigenvalue weighted by Crippen LogP contribution is -2.38. The van der Waals surface area contributed by atoms with Gasteiger partial charge in [-0.2, -0.15) is 0 Å². The highest BCUT2D eigenvalue weighted by molar-refractivity contribution is 7.15. The molecule has 3 amide bonds. The van der Waals surface area contributed by atoms with Crippen LogP contribution in [0.1, 0.15) is 22.4 Å². The number of amides is 3. The van der Waals surface area contributed by atoms with E-state index in [1.54, 1.807) is 36.3 Å². The summed E-state index contributed by atoms with van der Waals surface area (Å²) in [6, 6.07) is 16.0. The maximum absolute atomic E-state index is 13.8. The van der Waals surface area contributed by atoms with Crippen molar-refractivity contribution < 1.29 is 14.0 Å². The summed E-state index contributed by atoms with van der Waals surface area (Å²) in [4.78, 5) is 30.8. The second kappa shape index (κ2) is 10.5. The minimum absolute atomic E-state index is 0.132. The third-order valence-corrected chi connectivity index (χ3v) is 5.27. The van der Waals surface area contributed by atoms with Crippen LogP contribution >= 0.6 is 11.3 Å². The van der Waals surface area contributed by atoms with Crippen molar-refractivity contribution in [1.29, 1.82) is 0 Å². The normalized spacial score (nSPS) is 10.5. The molecular weight excluding hydrogens is 403 g/mol. The first kappa shape index (κ1) is 21.4. The Morgan fingerprint density at radius 2 is 1.83 bits per heavy atom. The minimum atomic E-state index is -0.260. The number of benzene rings is 2.